The molecule has 0 saturated carbocycles. The molecule has 0 heterocycles. The smallest absolute Gasteiger partial charge is 0.0934 e. The molecule has 0 aliphatic rings. The Bertz CT molecular complexity index is 104. The maximum atomic E-state index is 4.90. The van der Waals surface area contributed by atoms with Crippen LogP contribution in [0.1, 0.15) is 0 Å². The van der Waals surface area contributed by atoms with Gasteiger partial charge in [0.15, 0.2) is 0 Å². The molecule has 3 nitrogen and oxygen atoms in total. The molecule has 10 heavy (non-hydrogen) atoms. The van der Waals surface area contributed by atoms with E-state index in [0.717, 1.165) is 19.0 Å². The second-order valence-corrected chi connectivity index (χ2v) is 2.11. The van der Waals surface area contributed by atoms with Crippen LogP contribution in [0, 0.1) is 0 Å². The van der Waals surface area contributed by atoms with E-state index in [-0.39, 0.29) is 0 Å². The molecule has 0 rings (SSSR count). The zero-order valence-electron chi connectivity index (χ0n) is 6.98. The highest BCUT2D eigenvalue weighted by atomic mass is 16.5. The van der Waals surface area contributed by atoms with Gasteiger partial charge in [-0.1, -0.05) is 6.58 Å². The standard InChI is InChI=1S/C7H16N2O/c1-7(8-2)9(3)5-6-10-4/h8H,1,5-6H2,2-4H3. The molecule has 0 spiro atoms. The molecule has 0 bridgehead atoms. The topological polar surface area (TPSA) is 24.5 Å². The predicted octanol–water partition coefficient (Wildman–Crippen LogP) is 0.255. The van der Waals surface area contributed by atoms with Crippen LogP contribution < -0.4 is 5.32 Å². The van der Waals surface area contributed by atoms with Gasteiger partial charge < -0.3 is 15.0 Å². The lowest BCUT2D eigenvalue weighted by molar-refractivity contribution is 0.171. The molecule has 0 aromatic carbocycles. The summed E-state index contributed by atoms with van der Waals surface area (Å²) < 4.78 is 4.90. The van der Waals surface area contributed by atoms with E-state index in [2.05, 4.69) is 11.9 Å². The molecular formula is C7H16N2O. The van der Waals surface area contributed by atoms with Crippen molar-refractivity contribution in [2.75, 3.05) is 34.4 Å². The van der Waals surface area contributed by atoms with Crippen LogP contribution >= 0.6 is 0 Å². The second kappa shape index (κ2) is 5.11. The van der Waals surface area contributed by atoms with Crippen LogP contribution in [0.25, 0.3) is 0 Å². The van der Waals surface area contributed by atoms with Gasteiger partial charge in [0.1, 0.15) is 0 Å². The van der Waals surface area contributed by atoms with E-state index in [0.29, 0.717) is 0 Å². The Morgan fingerprint density at radius 2 is 2.30 bits per heavy atom. The number of nitrogens with one attached hydrogen (secondary N) is 1. The van der Waals surface area contributed by atoms with Crippen LogP contribution in [0.3, 0.4) is 0 Å². The number of methoxy groups -OCH3 is 1. The fraction of sp³-hybridized carbons (Fsp3) is 0.714. The molecule has 3 heteroatoms. The maximum Gasteiger partial charge on any atom is 0.0934 e. The zero-order valence-corrected chi connectivity index (χ0v) is 6.98. The first-order valence-corrected chi connectivity index (χ1v) is 3.29. The van der Waals surface area contributed by atoms with E-state index >= 15 is 0 Å². The second-order valence-electron chi connectivity index (χ2n) is 2.11. The molecule has 0 fully saturated rings. The lowest BCUT2D eigenvalue weighted by Gasteiger charge is -2.20. The summed E-state index contributed by atoms with van der Waals surface area (Å²) in [5.41, 5.74) is 0. The normalized spacial score (nSPS) is 9.10. The van der Waals surface area contributed by atoms with Crippen LogP contribution in [0.15, 0.2) is 12.4 Å². The van der Waals surface area contributed by atoms with Crippen molar-refractivity contribution in [2.24, 2.45) is 0 Å². The Labute approximate surface area is 62.7 Å². The third-order valence-electron chi connectivity index (χ3n) is 1.38. The Morgan fingerprint density at radius 3 is 2.70 bits per heavy atom. The molecule has 60 valence electrons. The SMILES string of the molecule is C=C(NC)N(C)CCOC. The quantitative estimate of drug-likeness (QED) is 0.599. The summed E-state index contributed by atoms with van der Waals surface area (Å²) in [5.74, 6) is 0.914. The van der Waals surface area contributed by atoms with E-state index in [1.165, 1.54) is 0 Å². The first-order chi connectivity index (χ1) is 4.72. The van der Waals surface area contributed by atoms with Gasteiger partial charge in [0.05, 0.1) is 12.4 Å². The van der Waals surface area contributed by atoms with Crippen molar-refractivity contribution in [3.05, 3.63) is 12.4 Å². The molecule has 0 amide bonds. The van der Waals surface area contributed by atoms with E-state index in [9.17, 15) is 0 Å². The van der Waals surface area contributed by atoms with Crippen molar-refractivity contribution in [1.82, 2.24) is 10.2 Å². The van der Waals surface area contributed by atoms with Gasteiger partial charge in [-0.15, -0.1) is 0 Å². The third-order valence-corrected chi connectivity index (χ3v) is 1.38. The molecule has 0 radical (unpaired) electrons. The summed E-state index contributed by atoms with van der Waals surface area (Å²) in [6, 6.07) is 0. The molecule has 0 aliphatic carbocycles. The fourth-order valence-electron chi connectivity index (χ4n) is 0.554. The minimum atomic E-state index is 0.733. The molecule has 0 aliphatic heterocycles. The summed E-state index contributed by atoms with van der Waals surface area (Å²) in [7, 11) is 5.51. The molecule has 0 aromatic rings. The largest absolute Gasteiger partial charge is 0.383 e. The first-order valence-electron chi connectivity index (χ1n) is 3.29. The minimum absolute atomic E-state index is 0.733. The Kier molecular flexibility index (Phi) is 4.76. The van der Waals surface area contributed by atoms with Gasteiger partial charge in [-0.2, -0.15) is 0 Å². The van der Waals surface area contributed by atoms with Crippen molar-refractivity contribution in [2.45, 2.75) is 0 Å². The molecular weight excluding hydrogens is 128 g/mol. The fourth-order valence-corrected chi connectivity index (χ4v) is 0.554. The summed E-state index contributed by atoms with van der Waals surface area (Å²) in [5, 5.41) is 2.95. The Morgan fingerprint density at radius 1 is 1.70 bits per heavy atom. The van der Waals surface area contributed by atoms with Crippen LogP contribution in [-0.2, 0) is 4.74 Å². The van der Waals surface area contributed by atoms with Crippen molar-refractivity contribution in [1.29, 1.82) is 0 Å². The lowest BCUT2D eigenvalue weighted by atomic mass is 10.5. The van der Waals surface area contributed by atoms with Crippen LogP contribution in [0.2, 0.25) is 0 Å². The van der Waals surface area contributed by atoms with Gasteiger partial charge in [-0.25, -0.2) is 0 Å². The number of hydrogen-bond donors (Lipinski definition) is 1. The predicted molar refractivity (Wildman–Crippen MR) is 42.7 cm³/mol. The van der Waals surface area contributed by atoms with Gasteiger partial charge in [0, 0.05) is 27.7 Å². The van der Waals surface area contributed by atoms with Gasteiger partial charge >= 0.3 is 0 Å². The van der Waals surface area contributed by atoms with Gasteiger partial charge in [-0.3, -0.25) is 0 Å². The van der Waals surface area contributed by atoms with E-state index < -0.39 is 0 Å². The number of rotatable bonds is 5. The highest BCUT2D eigenvalue weighted by Crippen LogP contribution is 1.90. The lowest BCUT2D eigenvalue weighted by Crippen LogP contribution is -2.28. The molecule has 0 saturated heterocycles. The monoisotopic (exact) mass is 144 g/mol. The Hall–Kier alpha value is -0.700. The average Bonchev–Trinajstić information content (AvgIpc) is 1.98. The van der Waals surface area contributed by atoms with Crippen molar-refractivity contribution < 1.29 is 4.74 Å². The third kappa shape index (κ3) is 3.35. The van der Waals surface area contributed by atoms with Crippen molar-refractivity contribution in [3.8, 4) is 0 Å². The van der Waals surface area contributed by atoms with Crippen molar-refractivity contribution in [3.63, 3.8) is 0 Å². The zero-order chi connectivity index (χ0) is 7.98. The highest BCUT2D eigenvalue weighted by molar-refractivity contribution is 4.86. The Balaban J connectivity index is 3.41. The number of ether oxygens (including phenoxy) is 1. The van der Waals surface area contributed by atoms with Crippen LogP contribution in [0.5, 0.6) is 0 Å². The molecule has 1 N–H and O–H groups in total. The molecule has 0 aromatic heterocycles. The van der Waals surface area contributed by atoms with Crippen molar-refractivity contribution >= 4 is 0 Å². The van der Waals surface area contributed by atoms with Crippen LogP contribution in [0.4, 0.5) is 0 Å². The summed E-state index contributed by atoms with van der Waals surface area (Å²) in [6.07, 6.45) is 0. The maximum absolute atomic E-state index is 4.90. The van der Waals surface area contributed by atoms with Gasteiger partial charge in [0.2, 0.25) is 0 Å². The number of nitrogens with zero attached hydrogens (tertiary/aromatic N) is 1. The minimum Gasteiger partial charge on any atom is -0.383 e. The van der Waals surface area contributed by atoms with Crippen LogP contribution in [-0.4, -0.2) is 39.3 Å². The first kappa shape index (κ1) is 9.30. The summed E-state index contributed by atoms with van der Waals surface area (Å²) >= 11 is 0. The summed E-state index contributed by atoms with van der Waals surface area (Å²) in [6.45, 7) is 5.39. The van der Waals surface area contributed by atoms with E-state index in [1.54, 1.807) is 7.11 Å². The van der Waals surface area contributed by atoms with E-state index in [1.807, 2.05) is 19.0 Å². The highest BCUT2D eigenvalue weighted by Gasteiger charge is 1.96. The van der Waals surface area contributed by atoms with E-state index in [4.69, 9.17) is 4.74 Å². The molecule has 0 unspecified atom stereocenters. The average molecular weight is 144 g/mol. The summed E-state index contributed by atoms with van der Waals surface area (Å²) in [4.78, 5) is 2.00. The molecule has 0 atom stereocenters. The van der Waals surface area contributed by atoms with Gasteiger partial charge in [-0.05, 0) is 0 Å². The number of hydrogen-bond acceptors (Lipinski definition) is 3. The van der Waals surface area contributed by atoms with Gasteiger partial charge in [0.25, 0.3) is 0 Å². The number of likely N-dealkylation sites (N-methyl/N-ethyl adjacent to an activating group) is 1.